The van der Waals surface area contributed by atoms with Gasteiger partial charge in [-0.2, -0.15) is 0 Å². The van der Waals surface area contributed by atoms with Gasteiger partial charge in [-0.25, -0.2) is 0 Å². The van der Waals surface area contributed by atoms with Crippen LogP contribution in [-0.4, -0.2) is 87.8 Å². The maximum Gasteiger partial charge on any atom is 0.251 e. The Morgan fingerprint density at radius 2 is 1.78 bits per heavy atom. The van der Waals surface area contributed by atoms with Crippen LogP contribution in [0, 0.1) is 0 Å². The first-order valence-electron chi connectivity index (χ1n) is 12.2. The zero-order chi connectivity index (χ0) is 22.2. The molecule has 3 aliphatic rings. The molecule has 1 aromatic rings. The molecule has 0 unspecified atom stereocenters. The summed E-state index contributed by atoms with van der Waals surface area (Å²) in [5.41, 5.74) is 1.85. The van der Waals surface area contributed by atoms with Gasteiger partial charge in [0.15, 0.2) is 0 Å². The van der Waals surface area contributed by atoms with E-state index in [1.807, 2.05) is 24.3 Å². The molecule has 8 nitrogen and oxygen atoms in total. The molecule has 3 heterocycles. The van der Waals surface area contributed by atoms with Crippen LogP contribution in [0.2, 0.25) is 0 Å². The average Bonchev–Trinajstić information content (AvgIpc) is 3.04. The van der Waals surface area contributed by atoms with Crippen LogP contribution in [0.5, 0.6) is 0 Å². The fourth-order valence-corrected chi connectivity index (χ4v) is 4.77. The maximum absolute atomic E-state index is 12.4. The van der Waals surface area contributed by atoms with E-state index >= 15 is 0 Å². The molecule has 0 bridgehead atoms. The molecule has 32 heavy (non-hydrogen) atoms. The second-order valence-corrected chi connectivity index (χ2v) is 9.02. The minimum Gasteiger partial charge on any atom is -0.379 e. The summed E-state index contributed by atoms with van der Waals surface area (Å²) in [4.78, 5) is 29.3. The van der Waals surface area contributed by atoms with E-state index in [0.29, 0.717) is 18.2 Å². The molecule has 0 spiro atoms. The van der Waals surface area contributed by atoms with Crippen molar-refractivity contribution in [2.75, 3.05) is 63.9 Å². The molecule has 3 N–H and O–H groups in total. The quantitative estimate of drug-likeness (QED) is 0.583. The Hall–Kier alpha value is -2.16. The fourth-order valence-electron chi connectivity index (χ4n) is 4.77. The van der Waals surface area contributed by atoms with Gasteiger partial charge in [-0.1, -0.05) is 0 Å². The molecular weight excluding hydrogens is 406 g/mol. The van der Waals surface area contributed by atoms with Gasteiger partial charge >= 0.3 is 0 Å². The molecule has 176 valence electrons. The van der Waals surface area contributed by atoms with Crippen LogP contribution >= 0.6 is 0 Å². The molecule has 2 amide bonds. The Balaban J connectivity index is 1.19. The van der Waals surface area contributed by atoms with Crippen molar-refractivity contribution >= 4 is 17.5 Å². The molecule has 0 aromatic heterocycles. The van der Waals surface area contributed by atoms with E-state index in [1.165, 1.54) is 0 Å². The summed E-state index contributed by atoms with van der Waals surface area (Å²) in [5, 5.41) is 9.62. The lowest BCUT2D eigenvalue weighted by Gasteiger charge is -2.35. The number of amides is 2. The predicted molar refractivity (Wildman–Crippen MR) is 125 cm³/mol. The lowest BCUT2D eigenvalue weighted by atomic mass is 10.0. The minimum atomic E-state index is -0.0462. The molecular formula is C24H37N5O3. The third-order valence-electron chi connectivity index (χ3n) is 6.78. The van der Waals surface area contributed by atoms with Crippen molar-refractivity contribution < 1.29 is 14.3 Å². The second kappa shape index (κ2) is 11.6. The van der Waals surface area contributed by atoms with Gasteiger partial charge in [0.05, 0.1) is 19.3 Å². The zero-order valence-electron chi connectivity index (χ0n) is 19.0. The number of piperidine rings is 1. The van der Waals surface area contributed by atoms with Crippen LogP contribution in [0.25, 0.3) is 0 Å². The lowest BCUT2D eigenvalue weighted by molar-refractivity contribution is -0.123. The standard InChI is InChI=1S/C24H37N5O3/c30-23(26-11-14-28-15-17-32-18-16-28)19-4-6-21(7-5-19)29-12-8-20(9-13-29)27-22-3-1-2-10-25-24(22)31/h4-7,20,22,27H,1-3,8-18H2,(H,25,31)(H,26,30)/t22-/m0/s1. The summed E-state index contributed by atoms with van der Waals surface area (Å²) < 4.78 is 5.35. The third-order valence-corrected chi connectivity index (χ3v) is 6.78. The van der Waals surface area contributed by atoms with E-state index in [0.717, 1.165) is 90.3 Å². The Bertz CT molecular complexity index is 743. The van der Waals surface area contributed by atoms with Crippen molar-refractivity contribution in [3.05, 3.63) is 29.8 Å². The summed E-state index contributed by atoms with van der Waals surface area (Å²) in [6, 6.07) is 8.26. The SMILES string of the molecule is O=C(NCCN1CCOCC1)c1ccc(N2CCC(N[C@H]3CCCCNC3=O)CC2)cc1. The smallest absolute Gasteiger partial charge is 0.251 e. The molecule has 3 fully saturated rings. The highest BCUT2D eigenvalue weighted by atomic mass is 16.5. The topological polar surface area (TPSA) is 85.9 Å². The Morgan fingerprint density at radius 3 is 2.53 bits per heavy atom. The van der Waals surface area contributed by atoms with Crippen molar-refractivity contribution in [3.8, 4) is 0 Å². The number of benzene rings is 1. The molecule has 1 atom stereocenters. The normalized spacial score (nSPS) is 23.4. The van der Waals surface area contributed by atoms with Gasteiger partial charge in [-0.15, -0.1) is 0 Å². The first-order chi connectivity index (χ1) is 15.7. The number of anilines is 1. The molecule has 3 aliphatic heterocycles. The Kier molecular flexibility index (Phi) is 8.36. The number of rotatable bonds is 7. The highest BCUT2D eigenvalue weighted by Gasteiger charge is 2.26. The maximum atomic E-state index is 12.4. The van der Waals surface area contributed by atoms with Crippen LogP contribution in [0.3, 0.4) is 0 Å². The number of hydrogen-bond donors (Lipinski definition) is 3. The summed E-state index contributed by atoms with van der Waals surface area (Å²) in [7, 11) is 0. The van der Waals surface area contributed by atoms with Gasteiger partial charge in [0.2, 0.25) is 5.91 Å². The third kappa shape index (κ3) is 6.43. The minimum absolute atomic E-state index is 0.0191. The molecule has 0 radical (unpaired) electrons. The number of morpholine rings is 1. The van der Waals surface area contributed by atoms with Crippen molar-refractivity contribution in [3.63, 3.8) is 0 Å². The van der Waals surface area contributed by atoms with Crippen molar-refractivity contribution in [1.82, 2.24) is 20.9 Å². The Labute approximate surface area is 191 Å². The second-order valence-electron chi connectivity index (χ2n) is 9.02. The number of hydrogen-bond acceptors (Lipinski definition) is 6. The average molecular weight is 444 g/mol. The fraction of sp³-hybridized carbons (Fsp3) is 0.667. The van der Waals surface area contributed by atoms with Crippen molar-refractivity contribution in [1.29, 1.82) is 0 Å². The van der Waals surface area contributed by atoms with E-state index < -0.39 is 0 Å². The van der Waals surface area contributed by atoms with Gasteiger partial charge in [0.1, 0.15) is 0 Å². The highest BCUT2D eigenvalue weighted by Crippen LogP contribution is 2.21. The van der Waals surface area contributed by atoms with E-state index in [1.54, 1.807) is 0 Å². The summed E-state index contributed by atoms with van der Waals surface area (Å²) in [5.74, 6) is 0.137. The first-order valence-corrected chi connectivity index (χ1v) is 12.2. The van der Waals surface area contributed by atoms with Gasteiger partial charge in [-0.3, -0.25) is 14.5 Å². The summed E-state index contributed by atoms with van der Waals surface area (Å²) in [6.45, 7) is 7.65. The lowest BCUT2D eigenvalue weighted by Crippen LogP contribution is -2.51. The van der Waals surface area contributed by atoms with E-state index in [4.69, 9.17) is 4.74 Å². The number of ether oxygens (including phenoxy) is 1. The van der Waals surface area contributed by atoms with Crippen LogP contribution in [0.1, 0.15) is 42.5 Å². The van der Waals surface area contributed by atoms with E-state index in [-0.39, 0.29) is 17.9 Å². The zero-order valence-corrected chi connectivity index (χ0v) is 19.0. The molecule has 4 rings (SSSR count). The van der Waals surface area contributed by atoms with Gasteiger partial charge < -0.3 is 25.6 Å². The van der Waals surface area contributed by atoms with Crippen molar-refractivity contribution in [2.24, 2.45) is 0 Å². The summed E-state index contributed by atoms with van der Waals surface area (Å²) in [6.07, 6.45) is 5.15. The van der Waals surface area contributed by atoms with Crippen LogP contribution in [-0.2, 0) is 9.53 Å². The van der Waals surface area contributed by atoms with Gasteiger partial charge in [-0.05, 0) is 56.4 Å². The first kappa shape index (κ1) is 23.0. The molecule has 0 aliphatic carbocycles. The number of carbonyl (C=O) groups excluding carboxylic acids is 2. The molecule has 0 saturated carbocycles. The Morgan fingerprint density at radius 1 is 1.03 bits per heavy atom. The van der Waals surface area contributed by atoms with Crippen LogP contribution in [0.15, 0.2) is 24.3 Å². The van der Waals surface area contributed by atoms with Crippen molar-refractivity contribution in [2.45, 2.75) is 44.2 Å². The number of carbonyl (C=O) groups is 2. The monoisotopic (exact) mass is 443 g/mol. The van der Waals surface area contributed by atoms with E-state index in [2.05, 4.69) is 25.8 Å². The molecule has 8 heteroatoms. The van der Waals surface area contributed by atoms with Gasteiger partial charge in [0, 0.05) is 63.1 Å². The number of nitrogens with zero attached hydrogens (tertiary/aromatic N) is 2. The molecule has 1 aromatic carbocycles. The number of nitrogens with one attached hydrogen (secondary N) is 3. The largest absolute Gasteiger partial charge is 0.379 e. The van der Waals surface area contributed by atoms with Gasteiger partial charge in [0.25, 0.3) is 5.91 Å². The van der Waals surface area contributed by atoms with Crippen LogP contribution in [0.4, 0.5) is 5.69 Å². The van der Waals surface area contributed by atoms with Crippen LogP contribution < -0.4 is 20.9 Å². The predicted octanol–water partition coefficient (Wildman–Crippen LogP) is 0.976. The summed E-state index contributed by atoms with van der Waals surface area (Å²) >= 11 is 0. The highest BCUT2D eigenvalue weighted by molar-refractivity contribution is 5.94. The molecule has 3 saturated heterocycles. The van der Waals surface area contributed by atoms with E-state index in [9.17, 15) is 9.59 Å².